The van der Waals surface area contributed by atoms with E-state index >= 15 is 0 Å². The van der Waals surface area contributed by atoms with Crippen LogP contribution in [0.15, 0.2) is 36.8 Å². The van der Waals surface area contributed by atoms with E-state index in [0.717, 1.165) is 30.8 Å². The summed E-state index contributed by atoms with van der Waals surface area (Å²) in [5, 5.41) is 9.67. The molecule has 0 bridgehead atoms. The van der Waals surface area contributed by atoms with Gasteiger partial charge in [0.1, 0.15) is 5.82 Å². The van der Waals surface area contributed by atoms with E-state index in [1.54, 1.807) is 18.5 Å². The number of nitrogens with one attached hydrogen (secondary N) is 2. The summed E-state index contributed by atoms with van der Waals surface area (Å²) in [7, 11) is 0. The molecule has 3 rings (SSSR count). The van der Waals surface area contributed by atoms with Gasteiger partial charge in [0.2, 0.25) is 5.91 Å². The summed E-state index contributed by atoms with van der Waals surface area (Å²) in [6.45, 7) is 1.09. The van der Waals surface area contributed by atoms with Gasteiger partial charge in [0.25, 0.3) is 0 Å². The van der Waals surface area contributed by atoms with Crippen LogP contribution in [0.5, 0.6) is 0 Å². The van der Waals surface area contributed by atoms with Gasteiger partial charge in [0.05, 0.1) is 18.8 Å². The Kier molecular flexibility index (Phi) is 3.62. The van der Waals surface area contributed by atoms with Crippen molar-refractivity contribution in [1.82, 2.24) is 20.1 Å². The van der Waals surface area contributed by atoms with Gasteiger partial charge in [0.15, 0.2) is 0 Å². The van der Waals surface area contributed by atoms with Crippen LogP contribution < -0.4 is 5.32 Å². The summed E-state index contributed by atoms with van der Waals surface area (Å²) in [4.78, 5) is 18.4. The van der Waals surface area contributed by atoms with Crippen molar-refractivity contribution < 1.29 is 4.79 Å². The van der Waals surface area contributed by atoms with E-state index < -0.39 is 0 Å². The van der Waals surface area contributed by atoms with Gasteiger partial charge in [-0.3, -0.25) is 14.9 Å². The van der Waals surface area contributed by atoms with Crippen LogP contribution in [0.4, 0.5) is 5.82 Å². The van der Waals surface area contributed by atoms with Crippen molar-refractivity contribution in [3.63, 3.8) is 0 Å². The van der Waals surface area contributed by atoms with Gasteiger partial charge in [0, 0.05) is 18.9 Å². The summed E-state index contributed by atoms with van der Waals surface area (Å²) in [6.07, 6.45) is 7.29. The lowest BCUT2D eigenvalue weighted by Crippen LogP contribution is -2.35. The third-order valence-electron chi connectivity index (χ3n) is 3.57. The molecule has 2 aromatic heterocycles. The number of carbonyl (C=O) groups is 1. The SMILES string of the molecule is O=C(CNc1ccn[nH]1)N1CCC[C@@H]1c1cccnc1. The number of amides is 1. The van der Waals surface area contributed by atoms with E-state index in [1.165, 1.54) is 0 Å². The van der Waals surface area contributed by atoms with E-state index in [9.17, 15) is 4.79 Å². The van der Waals surface area contributed by atoms with Crippen molar-refractivity contribution in [3.05, 3.63) is 42.4 Å². The highest BCUT2D eigenvalue weighted by Gasteiger charge is 2.29. The molecule has 0 aromatic carbocycles. The topological polar surface area (TPSA) is 73.9 Å². The highest BCUT2D eigenvalue weighted by Crippen LogP contribution is 2.31. The average Bonchev–Trinajstić information content (AvgIpc) is 3.17. The average molecular weight is 271 g/mol. The number of H-pyrrole nitrogens is 1. The molecule has 1 atom stereocenters. The van der Waals surface area contributed by atoms with Crippen molar-refractivity contribution in [1.29, 1.82) is 0 Å². The van der Waals surface area contributed by atoms with E-state index in [4.69, 9.17) is 0 Å². The third-order valence-corrected chi connectivity index (χ3v) is 3.57. The van der Waals surface area contributed by atoms with E-state index in [-0.39, 0.29) is 18.5 Å². The maximum Gasteiger partial charge on any atom is 0.242 e. The number of likely N-dealkylation sites (tertiary alicyclic amines) is 1. The largest absolute Gasteiger partial charge is 0.361 e. The molecule has 1 saturated heterocycles. The fourth-order valence-electron chi connectivity index (χ4n) is 2.61. The van der Waals surface area contributed by atoms with Gasteiger partial charge >= 0.3 is 0 Å². The maximum atomic E-state index is 12.3. The second-order valence-electron chi connectivity index (χ2n) is 4.86. The lowest BCUT2D eigenvalue weighted by molar-refractivity contribution is -0.130. The minimum absolute atomic E-state index is 0.103. The van der Waals surface area contributed by atoms with Crippen molar-refractivity contribution in [3.8, 4) is 0 Å². The zero-order valence-corrected chi connectivity index (χ0v) is 11.1. The van der Waals surface area contributed by atoms with Crippen molar-refractivity contribution in [2.45, 2.75) is 18.9 Å². The highest BCUT2D eigenvalue weighted by molar-refractivity contribution is 5.81. The van der Waals surface area contributed by atoms with Crippen LogP contribution >= 0.6 is 0 Å². The Balaban J connectivity index is 1.64. The fourth-order valence-corrected chi connectivity index (χ4v) is 2.61. The first kappa shape index (κ1) is 12.7. The van der Waals surface area contributed by atoms with Crippen LogP contribution in [0, 0.1) is 0 Å². The number of nitrogens with zero attached hydrogens (tertiary/aromatic N) is 3. The van der Waals surface area contributed by atoms with Crippen LogP contribution in [0.1, 0.15) is 24.4 Å². The zero-order chi connectivity index (χ0) is 13.8. The first-order valence-corrected chi connectivity index (χ1v) is 6.77. The normalized spacial score (nSPS) is 18.2. The minimum atomic E-state index is 0.103. The Hall–Kier alpha value is -2.37. The molecule has 2 N–H and O–H groups in total. The number of carbonyl (C=O) groups excluding carboxylic acids is 1. The number of aromatic amines is 1. The van der Waals surface area contributed by atoms with E-state index in [2.05, 4.69) is 20.5 Å². The Labute approximate surface area is 117 Å². The molecule has 6 nitrogen and oxygen atoms in total. The molecule has 20 heavy (non-hydrogen) atoms. The predicted molar refractivity (Wildman–Crippen MR) is 75.0 cm³/mol. The summed E-state index contributed by atoms with van der Waals surface area (Å²) in [6, 6.07) is 5.90. The van der Waals surface area contributed by atoms with Gasteiger partial charge in [-0.2, -0.15) is 5.10 Å². The Morgan fingerprint density at radius 1 is 1.45 bits per heavy atom. The molecule has 1 aliphatic heterocycles. The summed E-state index contributed by atoms with van der Waals surface area (Å²) in [5.74, 6) is 0.862. The molecule has 1 fully saturated rings. The Morgan fingerprint density at radius 2 is 2.40 bits per heavy atom. The van der Waals surface area contributed by atoms with Crippen LogP contribution in [0.25, 0.3) is 0 Å². The molecular weight excluding hydrogens is 254 g/mol. The minimum Gasteiger partial charge on any atom is -0.361 e. The molecule has 3 heterocycles. The summed E-state index contributed by atoms with van der Waals surface area (Å²) in [5.41, 5.74) is 1.11. The van der Waals surface area contributed by atoms with E-state index in [0.29, 0.717) is 0 Å². The number of rotatable bonds is 4. The highest BCUT2D eigenvalue weighted by atomic mass is 16.2. The maximum absolute atomic E-state index is 12.3. The first-order chi connectivity index (χ1) is 9.84. The molecule has 0 saturated carbocycles. The van der Waals surface area contributed by atoms with Crippen molar-refractivity contribution in [2.75, 3.05) is 18.4 Å². The molecule has 0 spiro atoms. The van der Waals surface area contributed by atoms with Crippen LogP contribution in [0.3, 0.4) is 0 Å². The predicted octanol–water partition coefficient (Wildman–Crippen LogP) is 1.58. The summed E-state index contributed by atoms with van der Waals surface area (Å²) < 4.78 is 0. The molecule has 1 aliphatic rings. The van der Waals surface area contributed by atoms with Crippen molar-refractivity contribution in [2.24, 2.45) is 0 Å². The standard InChI is InChI=1S/C14H17N5O/c20-14(10-16-13-5-7-17-18-13)19-8-2-4-12(19)11-3-1-6-15-9-11/h1,3,5-7,9,12H,2,4,8,10H2,(H2,16,17,18)/t12-/m1/s1. The third kappa shape index (κ3) is 2.64. The number of aromatic nitrogens is 3. The monoisotopic (exact) mass is 271 g/mol. The van der Waals surface area contributed by atoms with Crippen LogP contribution in [-0.4, -0.2) is 39.1 Å². The van der Waals surface area contributed by atoms with E-state index in [1.807, 2.05) is 23.2 Å². The Bertz CT molecular complexity index is 554. The fraction of sp³-hybridized carbons (Fsp3) is 0.357. The lowest BCUT2D eigenvalue weighted by atomic mass is 10.1. The van der Waals surface area contributed by atoms with Crippen LogP contribution in [0.2, 0.25) is 0 Å². The van der Waals surface area contributed by atoms with Gasteiger partial charge < -0.3 is 10.2 Å². The van der Waals surface area contributed by atoms with Gasteiger partial charge in [-0.05, 0) is 30.5 Å². The first-order valence-electron chi connectivity index (χ1n) is 6.77. The molecule has 104 valence electrons. The molecule has 0 radical (unpaired) electrons. The molecular formula is C14H17N5O. The lowest BCUT2D eigenvalue weighted by Gasteiger charge is -2.25. The number of hydrogen-bond acceptors (Lipinski definition) is 4. The Morgan fingerprint density at radius 3 is 3.15 bits per heavy atom. The summed E-state index contributed by atoms with van der Waals surface area (Å²) >= 11 is 0. The van der Waals surface area contributed by atoms with Gasteiger partial charge in [-0.1, -0.05) is 6.07 Å². The molecule has 1 amide bonds. The molecule has 6 heteroatoms. The second kappa shape index (κ2) is 5.73. The van der Waals surface area contributed by atoms with Gasteiger partial charge in [-0.15, -0.1) is 0 Å². The molecule has 0 aliphatic carbocycles. The quantitative estimate of drug-likeness (QED) is 0.885. The molecule has 0 unspecified atom stereocenters. The number of anilines is 1. The van der Waals surface area contributed by atoms with Gasteiger partial charge in [-0.25, -0.2) is 0 Å². The number of hydrogen-bond donors (Lipinski definition) is 2. The smallest absolute Gasteiger partial charge is 0.242 e. The van der Waals surface area contributed by atoms with Crippen molar-refractivity contribution >= 4 is 11.7 Å². The zero-order valence-electron chi connectivity index (χ0n) is 11.1. The number of pyridine rings is 1. The van der Waals surface area contributed by atoms with Crippen LogP contribution in [-0.2, 0) is 4.79 Å². The second-order valence-corrected chi connectivity index (χ2v) is 4.86. The molecule has 2 aromatic rings.